The van der Waals surface area contributed by atoms with Gasteiger partial charge >= 0.3 is 6.18 Å². The number of nitrogens with one attached hydrogen (secondary N) is 1. The average Bonchev–Trinajstić information content (AvgIpc) is 2.41. The van der Waals surface area contributed by atoms with E-state index in [1.807, 2.05) is 6.92 Å². The largest absolute Gasteiger partial charge is 0.418 e. The molecule has 118 valence electrons. The van der Waals surface area contributed by atoms with Crippen LogP contribution in [0, 0.1) is 0 Å². The number of nitrogens with zero attached hydrogens (tertiary/aromatic N) is 1. The van der Waals surface area contributed by atoms with Gasteiger partial charge in [0.2, 0.25) is 0 Å². The van der Waals surface area contributed by atoms with Gasteiger partial charge in [0, 0.05) is 24.0 Å². The molecule has 1 unspecified atom stereocenters. The summed E-state index contributed by atoms with van der Waals surface area (Å²) in [5.41, 5.74) is 4.84. The van der Waals surface area contributed by atoms with E-state index in [2.05, 4.69) is 10.2 Å². The second-order valence-corrected chi connectivity index (χ2v) is 5.71. The smallest absolute Gasteiger partial charge is 0.398 e. The number of halogens is 3. The Balaban J connectivity index is 1.98. The lowest BCUT2D eigenvalue weighted by molar-refractivity contribution is -0.136. The van der Waals surface area contributed by atoms with Gasteiger partial charge in [0.15, 0.2) is 0 Å². The van der Waals surface area contributed by atoms with Crippen LogP contribution in [0.15, 0.2) is 18.2 Å². The molecule has 6 heteroatoms. The molecule has 0 aromatic heterocycles. The van der Waals surface area contributed by atoms with Gasteiger partial charge in [0.1, 0.15) is 0 Å². The molecule has 1 fully saturated rings. The molecule has 1 aromatic carbocycles. The number of hydrogen-bond acceptors (Lipinski definition) is 3. The second-order valence-electron chi connectivity index (χ2n) is 5.71. The van der Waals surface area contributed by atoms with Crippen LogP contribution in [-0.4, -0.2) is 30.6 Å². The lowest BCUT2D eigenvalue weighted by Gasteiger charge is -2.29. The summed E-state index contributed by atoms with van der Waals surface area (Å²) in [6.45, 7) is 4.97. The minimum atomic E-state index is -4.42. The summed E-state index contributed by atoms with van der Waals surface area (Å²) in [5, 5.41) is 3.13. The predicted octanol–water partition coefficient (Wildman–Crippen LogP) is 3.57. The Labute approximate surface area is 123 Å². The van der Waals surface area contributed by atoms with Crippen molar-refractivity contribution in [1.82, 2.24) is 4.90 Å². The number of likely N-dealkylation sites (tertiary alicyclic amines) is 1. The van der Waals surface area contributed by atoms with Crippen LogP contribution in [0.5, 0.6) is 0 Å². The quantitative estimate of drug-likeness (QED) is 0.835. The van der Waals surface area contributed by atoms with Crippen LogP contribution in [-0.2, 0) is 6.18 Å². The van der Waals surface area contributed by atoms with E-state index in [9.17, 15) is 13.2 Å². The lowest BCUT2D eigenvalue weighted by Crippen LogP contribution is -2.38. The monoisotopic (exact) mass is 301 g/mol. The van der Waals surface area contributed by atoms with E-state index >= 15 is 0 Å². The highest BCUT2D eigenvalue weighted by Gasteiger charge is 2.33. The van der Waals surface area contributed by atoms with Crippen molar-refractivity contribution >= 4 is 11.4 Å². The van der Waals surface area contributed by atoms with Gasteiger partial charge in [0.05, 0.1) is 5.56 Å². The van der Waals surface area contributed by atoms with Gasteiger partial charge in [-0.25, -0.2) is 0 Å². The van der Waals surface area contributed by atoms with Crippen molar-refractivity contribution in [3.8, 4) is 0 Å². The molecule has 2 rings (SSSR count). The zero-order valence-corrected chi connectivity index (χ0v) is 12.2. The molecule has 1 atom stereocenters. The summed E-state index contributed by atoms with van der Waals surface area (Å²) >= 11 is 0. The SMILES string of the molecule is CC(CN1CCCCC1)Nc1ccc(N)c(C(F)(F)F)c1. The van der Waals surface area contributed by atoms with E-state index in [1.165, 1.54) is 25.3 Å². The fraction of sp³-hybridized carbons (Fsp3) is 0.600. The molecule has 0 saturated carbocycles. The number of alkyl halides is 3. The van der Waals surface area contributed by atoms with Crippen LogP contribution in [0.25, 0.3) is 0 Å². The highest BCUT2D eigenvalue weighted by molar-refractivity contribution is 5.58. The van der Waals surface area contributed by atoms with E-state index in [-0.39, 0.29) is 11.7 Å². The van der Waals surface area contributed by atoms with Crippen LogP contribution < -0.4 is 11.1 Å². The van der Waals surface area contributed by atoms with Crippen molar-refractivity contribution in [2.75, 3.05) is 30.7 Å². The number of piperidine rings is 1. The zero-order chi connectivity index (χ0) is 15.5. The average molecular weight is 301 g/mol. The van der Waals surface area contributed by atoms with E-state index in [0.717, 1.165) is 25.7 Å². The molecule has 0 aliphatic carbocycles. The molecule has 0 amide bonds. The van der Waals surface area contributed by atoms with Crippen molar-refractivity contribution in [1.29, 1.82) is 0 Å². The summed E-state index contributed by atoms with van der Waals surface area (Å²) in [6.07, 6.45) is -0.747. The molecular formula is C15H22F3N3. The number of rotatable bonds is 4. The molecule has 1 heterocycles. The fourth-order valence-electron chi connectivity index (χ4n) is 2.75. The third-order valence-corrected chi connectivity index (χ3v) is 3.75. The van der Waals surface area contributed by atoms with Crippen LogP contribution in [0.1, 0.15) is 31.7 Å². The van der Waals surface area contributed by atoms with Gasteiger partial charge in [-0.1, -0.05) is 6.42 Å². The Kier molecular flexibility index (Phi) is 4.98. The molecular weight excluding hydrogens is 279 g/mol. The maximum atomic E-state index is 12.8. The first kappa shape index (κ1) is 15.9. The van der Waals surface area contributed by atoms with Crippen molar-refractivity contribution in [3.63, 3.8) is 0 Å². The highest BCUT2D eigenvalue weighted by atomic mass is 19.4. The Morgan fingerprint density at radius 1 is 1.24 bits per heavy atom. The maximum absolute atomic E-state index is 12.8. The standard InChI is InChI=1S/C15H22F3N3/c1-11(10-21-7-3-2-4-8-21)20-12-5-6-14(19)13(9-12)15(16,17)18/h5-6,9,11,20H,2-4,7-8,10,19H2,1H3. The number of benzene rings is 1. The molecule has 0 spiro atoms. The highest BCUT2D eigenvalue weighted by Crippen LogP contribution is 2.35. The van der Waals surface area contributed by atoms with Gasteiger partial charge in [0.25, 0.3) is 0 Å². The minimum Gasteiger partial charge on any atom is -0.398 e. The van der Waals surface area contributed by atoms with Crippen molar-refractivity contribution in [3.05, 3.63) is 23.8 Å². The Morgan fingerprint density at radius 3 is 2.52 bits per heavy atom. The van der Waals surface area contributed by atoms with Gasteiger partial charge in [-0.2, -0.15) is 13.2 Å². The summed E-state index contributed by atoms with van der Waals surface area (Å²) in [7, 11) is 0. The summed E-state index contributed by atoms with van der Waals surface area (Å²) in [6, 6.07) is 4.07. The Hall–Kier alpha value is -1.43. The van der Waals surface area contributed by atoms with Crippen molar-refractivity contribution < 1.29 is 13.2 Å². The zero-order valence-electron chi connectivity index (χ0n) is 12.2. The first-order valence-electron chi connectivity index (χ1n) is 7.32. The minimum absolute atomic E-state index is 0.0906. The van der Waals surface area contributed by atoms with Gasteiger partial charge < -0.3 is 16.0 Å². The topological polar surface area (TPSA) is 41.3 Å². The number of nitrogens with two attached hydrogens (primary N) is 1. The third kappa shape index (κ3) is 4.52. The third-order valence-electron chi connectivity index (χ3n) is 3.75. The first-order valence-corrected chi connectivity index (χ1v) is 7.32. The van der Waals surface area contributed by atoms with E-state index < -0.39 is 11.7 Å². The summed E-state index contributed by atoms with van der Waals surface area (Å²) < 4.78 is 38.5. The molecule has 0 bridgehead atoms. The molecule has 3 nitrogen and oxygen atoms in total. The lowest BCUT2D eigenvalue weighted by atomic mass is 10.1. The maximum Gasteiger partial charge on any atom is 0.418 e. The van der Waals surface area contributed by atoms with Crippen LogP contribution in [0.4, 0.5) is 24.5 Å². The molecule has 0 radical (unpaired) electrons. The Morgan fingerprint density at radius 2 is 1.90 bits per heavy atom. The molecule has 1 saturated heterocycles. The van der Waals surface area contributed by atoms with Crippen molar-refractivity contribution in [2.45, 2.75) is 38.4 Å². The molecule has 1 aliphatic rings. The molecule has 21 heavy (non-hydrogen) atoms. The number of hydrogen-bond donors (Lipinski definition) is 2. The number of anilines is 2. The van der Waals surface area contributed by atoms with Gasteiger partial charge in [-0.3, -0.25) is 0 Å². The van der Waals surface area contributed by atoms with Gasteiger partial charge in [-0.15, -0.1) is 0 Å². The summed E-state index contributed by atoms with van der Waals surface area (Å²) in [4.78, 5) is 2.35. The summed E-state index contributed by atoms with van der Waals surface area (Å²) in [5.74, 6) is 0. The van der Waals surface area contributed by atoms with E-state index in [4.69, 9.17) is 5.73 Å². The normalized spacial score (nSPS) is 18.5. The van der Waals surface area contributed by atoms with Crippen LogP contribution >= 0.6 is 0 Å². The molecule has 1 aliphatic heterocycles. The fourth-order valence-corrected chi connectivity index (χ4v) is 2.75. The number of nitrogen functional groups attached to an aromatic ring is 1. The molecule has 3 N–H and O–H groups in total. The second kappa shape index (κ2) is 6.56. The van der Waals surface area contributed by atoms with E-state index in [1.54, 1.807) is 6.07 Å². The van der Waals surface area contributed by atoms with E-state index in [0.29, 0.717) is 5.69 Å². The Bertz CT molecular complexity index is 468. The van der Waals surface area contributed by atoms with Gasteiger partial charge in [-0.05, 0) is 51.1 Å². The van der Waals surface area contributed by atoms with Crippen LogP contribution in [0.2, 0.25) is 0 Å². The predicted molar refractivity (Wildman–Crippen MR) is 79.2 cm³/mol. The van der Waals surface area contributed by atoms with Crippen LogP contribution in [0.3, 0.4) is 0 Å². The molecule has 1 aromatic rings. The van der Waals surface area contributed by atoms with Crippen molar-refractivity contribution in [2.24, 2.45) is 0 Å². The first-order chi connectivity index (χ1) is 9.86.